The molecule has 0 aromatic heterocycles. The minimum atomic E-state index is -1.31. The molecule has 5 rings (SSSR count). The van der Waals surface area contributed by atoms with Gasteiger partial charge in [0, 0.05) is 57.3 Å². The van der Waals surface area contributed by atoms with Gasteiger partial charge >= 0.3 is 6.09 Å². The maximum atomic E-state index is 14.6. The highest BCUT2D eigenvalue weighted by Gasteiger charge is 2.65. The van der Waals surface area contributed by atoms with Crippen LogP contribution < -0.4 is 9.47 Å². The number of carbonyl (C=O) groups excluding carboxylic acids is 1. The molecule has 2 aliphatic heterocycles. The SMILES string of the molecule is C=CCO[C@@]12Oc3ccc(OCCN4CC4)cc3[C@H]3[C@H](CCCCO)[C@@H](CCCCO)C=C(C(=NOC(C)(C)C)C[C@@H]1N(CCC)C(=O)OCCCCCCCCCCCC)[C@H]32. The molecule has 0 bridgehead atoms. The summed E-state index contributed by atoms with van der Waals surface area (Å²) in [6, 6.07) is 5.59. The van der Waals surface area contributed by atoms with Crippen molar-refractivity contribution in [1.82, 2.24) is 9.80 Å². The summed E-state index contributed by atoms with van der Waals surface area (Å²) in [6.07, 6.45) is 21.8. The van der Waals surface area contributed by atoms with Crippen LogP contribution in [-0.2, 0) is 14.3 Å². The van der Waals surface area contributed by atoms with Crippen molar-refractivity contribution >= 4 is 11.8 Å². The molecule has 11 nitrogen and oxygen atoms in total. The van der Waals surface area contributed by atoms with Gasteiger partial charge in [0.15, 0.2) is 0 Å². The Bertz CT molecular complexity index is 1570. The molecule has 0 radical (unpaired) electrons. The summed E-state index contributed by atoms with van der Waals surface area (Å²) in [7, 11) is 0. The van der Waals surface area contributed by atoms with Crippen molar-refractivity contribution < 1.29 is 38.8 Å². The number of amides is 1. The van der Waals surface area contributed by atoms with Crippen LogP contribution in [0.25, 0.3) is 0 Å². The summed E-state index contributed by atoms with van der Waals surface area (Å²) in [5, 5.41) is 24.8. The Morgan fingerprint density at radius 3 is 2.27 bits per heavy atom. The zero-order valence-corrected chi connectivity index (χ0v) is 39.3. The number of ether oxygens (including phenoxy) is 4. The molecule has 2 heterocycles. The van der Waals surface area contributed by atoms with Gasteiger partial charge in [0.2, 0.25) is 5.79 Å². The molecule has 6 atom stereocenters. The molecule has 1 saturated heterocycles. The fraction of sp³-hybridized carbons (Fsp3) is 0.765. The summed E-state index contributed by atoms with van der Waals surface area (Å²) < 4.78 is 27.1. The van der Waals surface area contributed by atoms with Gasteiger partial charge in [-0.15, -0.1) is 6.58 Å². The van der Waals surface area contributed by atoms with Gasteiger partial charge in [0.05, 0.1) is 24.8 Å². The van der Waals surface area contributed by atoms with Crippen molar-refractivity contribution in [3.8, 4) is 11.5 Å². The lowest BCUT2D eigenvalue weighted by Gasteiger charge is -2.60. The van der Waals surface area contributed by atoms with E-state index in [4.69, 9.17) is 28.9 Å². The highest BCUT2D eigenvalue weighted by Crippen LogP contribution is 2.62. The van der Waals surface area contributed by atoms with Crippen LogP contribution in [0.2, 0.25) is 0 Å². The Hall–Kier alpha value is -3.12. The predicted molar refractivity (Wildman–Crippen MR) is 248 cm³/mol. The molecular formula is C51H83N3O8. The minimum absolute atomic E-state index is 0.106. The van der Waals surface area contributed by atoms with Gasteiger partial charge in [0.1, 0.15) is 29.7 Å². The fourth-order valence-electron chi connectivity index (χ4n) is 9.96. The van der Waals surface area contributed by atoms with E-state index in [9.17, 15) is 15.0 Å². The molecule has 1 saturated carbocycles. The number of hydrogen-bond acceptors (Lipinski definition) is 10. The van der Waals surface area contributed by atoms with E-state index in [0.29, 0.717) is 39.0 Å². The monoisotopic (exact) mass is 866 g/mol. The number of nitrogens with zero attached hydrogens (tertiary/aromatic N) is 3. The lowest BCUT2D eigenvalue weighted by Crippen LogP contribution is -2.70. The first-order chi connectivity index (χ1) is 30.1. The van der Waals surface area contributed by atoms with Gasteiger partial charge in [-0.25, -0.2) is 4.79 Å². The molecule has 1 amide bonds. The average Bonchev–Trinajstić information content (AvgIpc) is 4.09. The second kappa shape index (κ2) is 25.4. The number of rotatable bonds is 30. The Balaban J connectivity index is 1.55. The highest BCUT2D eigenvalue weighted by molar-refractivity contribution is 6.03. The van der Waals surface area contributed by atoms with E-state index in [1.165, 1.54) is 44.9 Å². The standard InChI is InChI=1S/C51H83N3O8/c1-7-10-11-12-13-14-15-16-17-22-34-59-49(57)54(27-8-2)46-38-44(52-62-50(4,5)6)42-36-39(23-18-20-31-55)41(24-19-21-32-56)47-43-37-40(58-35-30-53-28-29-53)25-26-45(43)61-51(46,48(42)47)60-33-9-3/h9,25-26,36-37,39,41,46-48,55-56H,3,7-8,10-24,27-35,38H2,1-2,4-6H3/t39-,41+,46-,47+,48+,51+/m0/s1. The highest BCUT2D eigenvalue weighted by atomic mass is 16.7. The number of fused-ring (bicyclic) bond motifs is 2. The lowest BCUT2D eigenvalue weighted by molar-refractivity contribution is -0.255. The molecular weight excluding hydrogens is 783 g/mol. The second-order valence-corrected chi connectivity index (χ2v) is 19.2. The Labute approximate surface area is 374 Å². The molecule has 1 aromatic rings. The van der Waals surface area contributed by atoms with Crippen LogP contribution >= 0.6 is 0 Å². The van der Waals surface area contributed by atoms with Crippen LogP contribution in [0.1, 0.15) is 162 Å². The molecule has 0 spiro atoms. The number of aliphatic hydroxyl groups excluding tert-OH is 2. The number of benzene rings is 1. The maximum Gasteiger partial charge on any atom is 0.410 e. The largest absolute Gasteiger partial charge is 0.492 e. The molecule has 11 heteroatoms. The van der Waals surface area contributed by atoms with Gasteiger partial charge in [0.25, 0.3) is 0 Å². The minimum Gasteiger partial charge on any atom is -0.492 e. The van der Waals surface area contributed by atoms with Crippen LogP contribution in [0.4, 0.5) is 4.79 Å². The van der Waals surface area contributed by atoms with E-state index in [-0.39, 0.29) is 49.6 Å². The predicted octanol–water partition coefficient (Wildman–Crippen LogP) is 10.6. The first kappa shape index (κ1) is 49.9. The molecule has 62 heavy (non-hydrogen) atoms. The number of unbranched alkanes of at least 4 members (excludes halogenated alkanes) is 11. The van der Waals surface area contributed by atoms with Gasteiger partial charge < -0.3 is 34.0 Å². The number of allylic oxidation sites excluding steroid dienone is 1. The van der Waals surface area contributed by atoms with E-state index in [0.717, 1.165) is 99.3 Å². The molecule has 1 aromatic carbocycles. The van der Waals surface area contributed by atoms with Crippen molar-refractivity contribution in [3.05, 3.63) is 48.1 Å². The van der Waals surface area contributed by atoms with Gasteiger partial charge in [-0.2, -0.15) is 0 Å². The third kappa shape index (κ3) is 13.9. The summed E-state index contributed by atoms with van der Waals surface area (Å²) in [6.45, 7) is 19.4. The second-order valence-electron chi connectivity index (χ2n) is 19.2. The quantitative estimate of drug-likeness (QED) is 0.0337. The fourth-order valence-corrected chi connectivity index (χ4v) is 9.96. The van der Waals surface area contributed by atoms with Crippen LogP contribution in [0, 0.1) is 17.8 Å². The van der Waals surface area contributed by atoms with Crippen molar-refractivity contribution in [3.63, 3.8) is 0 Å². The van der Waals surface area contributed by atoms with Crippen LogP contribution in [0.15, 0.2) is 47.7 Å². The molecule has 4 aliphatic rings. The zero-order chi connectivity index (χ0) is 44.4. The maximum absolute atomic E-state index is 14.6. The topological polar surface area (TPSA) is 122 Å². The Kier molecular flexibility index (Phi) is 20.4. The van der Waals surface area contributed by atoms with Crippen molar-refractivity contribution in [1.29, 1.82) is 0 Å². The van der Waals surface area contributed by atoms with E-state index in [1.807, 2.05) is 37.8 Å². The summed E-state index contributed by atoms with van der Waals surface area (Å²) >= 11 is 0. The Morgan fingerprint density at radius 1 is 0.935 bits per heavy atom. The van der Waals surface area contributed by atoms with Crippen molar-refractivity contribution in [2.45, 2.75) is 174 Å². The lowest BCUT2D eigenvalue weighted by atomic mass is 9.55. The van der Waals surface area contributed by atoms with E-state index < -0.39 is 17.4 Å². The number of aliphatic hydroxyl groups is 2. The van der Waals surface area contributed by atoms with E-state index >= 15 is 0 Å². The third-order valence-electron chi connectivity index (χ3n) is 13.1. The zero-order valence-electron chi connectivity index (χ0n) is 39.3. The van der Waals surface area contributed by atoms with Crippen LogP contribution in [-0.4, -0.2) is 108 Å². The summed E-state index contributed by atoms with van der Waals surface area (Å²) in [5.41, 5.74) is 2.33. The van der Waals surface area contributed by atoms with Crippen molar-refractivity contribution in [2.24, 2.45) is 22.9 Å². The van der Waals surface area contributed by atoms with Gasteiger partial charge in [-0.05, 0) is 94.9 Å². The van der Waals surface area contributed by atoms with Gasteiger partial charge in [-0.3, -0.25) is 9.80 Å². The molecule has 0 unspecified atom stereocenters. The van der Waals surface area contributed by atoms with Crippen molar-refractivity contribution in [2.75, 3.05) is 59.2 Å². The number of carbonyl (C=O) groups is 1. The molecule has 2 N–H and O–H groups in total. The average molecular weight is 866 g/mol. The van der Waals surface area contributed by atoms with E-state index in [2.05, 4.69) is 37.5 Å². The third-order valence-corrected chi connectivity index (χ3v) is 13.1. The van der Waals surface area contributed by atoms with Crippen LogP contribution in [0.5, 0.6) is 11.5 Å². The first-order valence-corrected chi connectivity index (χ1v) is 24.7. The molecule has 350 valence electrons. The van der Waals surface area contributed by atoms with Crippen LogP contribution in [0.3, 0.4) is 0 Å². The van der Waals surface area contributed by atoms with Gasteiger partial charge in [-0.1, -0.05) is 102 Å². The van der Waals surface area contributed by atoms with E-state index in [1.54, 1.807) is 6.08 Å². The Morgan fingerprint density at radius 2 is 1.63 bits per heavy atom. The molecule has 2 aliphatic carbocycles. The smallest absolute Gasteiger partial charge is 0.410 e. The summed E-state index contributed by atoms with van der Waals surface area (Å²) in [5.74, 6) is 0.0379. The molecule has 2 fully saturated rings. The normalized spacial score (nSPS) is 24.7. The number of hydrogen-bond donors (Lipinski definition) is 2. The summed E-state index contributed by atoms with van der Waals surface area (Å²) in [4.78, 5) is 25.0. The first-order valence-electron chi connectivity index (χ1n) is 24.7. The number of oxime groups is 1.